The lowest BCUT2D eigenvalue weighted by Gasteiger charge is -2.27. The van der Waals surface area contributed by atoms with Gasteiger partial charge >= 0.3 is 0 Å². The van der Waals surface area contributed by atoms with Gasteiger partial charge in [-0.1, -0.05) is 30.3 Å². The Balaban J connectivity index is 1.72. The number of nitrogens with zero attached hydrogens (tertiary/aromatic N) is 4. The van der Waals surface area contributed by atoms with Gasteiger partial charge in [-0.05, 0) is 25.5 Å². The van der Waals surface area contributed by atoms with Crippen LogP contribution in [-0.2, 0) is 0 Å². The zero-order valence-corrected chi connectivity index (χ0v) is 17.4. The molecule has 1 fully saturated rings. The lowest BCUT2D eigenvalue weighted by atomic mass is 10.1. The van der Waals surface area contributed by atoms with Crippen LogP contribution in [0.25, 0.3) is 31.7 Å². The van der Waals surface area contributed by atoms with E-state index in [1.165, 1.54) is 5.56 Å². The van der Waals surface area contributed by atoms with Crippen molar-refractivity contribution in [3.63, 3.8) is 0 Å². The fourth-order valence-electron chi connectivity index (χ4n) is 3.78. The van der Waals surface area contributed by atoms with Gasteiger partial charge in [0.25, 0.3) is 0 Å². The van der Waals surface area contributed by atoms with Crippen molar-refractivity contribution in [3.05, 3.63) is 42.0 Å². The van der Waals surface area contributed by atoms with Crippen LogP contribution in [0.4, 0.5) is 5.95 Å². The summed E-state index contributed by atoms with van der Waals surface area (Å²) in [6.07, 6.45) is 0. The first-order chi connectivity index (χ1) is 14.2. The zero-order chi connectivity index (χ0) is 19.8. The Labute approximate surface area is 173 Å². The van der Waals surface area contributed by atoms with Crippen molar-refractivity contribution in [2.75, 3.05) is 37.7 Å². The SMILES string of the molecule is CCOc1nc(N2CCNCC2)nc2c1sc1nc(-c3ccccc3)cc(C)c12. The van der Waals surface area contributed by atoms with Crippen molar-refractivity contribution in [2.24, 2.45) is 0 Å². The average molecular weight is 406 g/mol. The molecule has 7 heteroatoms. The molecule has 1 aliphatic heterocycles. The molecule has 4 aromatic rings. The Bertz CT molecular complexity index is 1170. The number of fused-ring (bicyclic) bond motifs is 3. The van der Waals surface area contributed by atoms with Gasteiger partial charge in [0.2, 0.25) is 11.8 Å². The number of thiophene rings is 1. The molecule has 1 aromatic carbocycles. The van der Waals surface area contributed by atoms with Gasteiger partial charge in [-0.2, -0.15) is 4.98 Å². The van der Waals surface area contributed by atoms with Crippen LogP contribution in [0.3, 0.4) is 0 Å². The Morgan fingerprint density at radius 1 is 1.10 bits per heavy atom. The van der Waals surface area contributed by atoms with E-state index >= 15 is 0 Å². The molecule has 6 nitrogen and oxygen atoms in total. The molecule has 0 atom stereocenters. The molecule has 1 aliphatic rings. The van der Waals surface area contributed by atoms with Gasteiger partial charge in [0.1, 0.15) is 15.0 Å². The highest BCUT2D eigenvalue weighted by atomic mass is 32.1. The third-order valence-electron chi connectivity index (χ3n) is 5.19. The monoisotopic (exact) mass is 405 g/mol. The number of piperazine rings is 1. The summed E-state index contributed by atoms with van der Waals surface area (Å²) in [6.45, 7) is 8.37. The van der Waals surface area contributed by atoms with Gasteiger partial charge < -0.3 is 15.0 Å². The Morgan fingerprint density at radius 2 is 1.90 bits per heavy atom. The van der Waals surface area contributed by atoms with E-state index in [4.69, 9.17) is 19.7 Å². The number of aryl methyl sites for hydroxylation is 1. The molecule has 3 aromatic heterocycles. The highest BCUT2D eigenvalue weighted by molar-refractivity contribution is 7.25. The van der Waals surface area contributed by atoms with E-state index in [-0.39, 0.29) is 0 Å². The summed E-state index contributed by atoms with van der Waals surface area (Å²) in [7, 11) is 0. The standard InChI is InChI=1S/C22H23N5OS/c1-3-28-20-19-18(25-22(26-20)27-11-9-23-10-12-27)17-14(2)13-16(24-21(17)29-19)15-7-5-4-6-8-15/h4-8,13,23H,3,9-12H2,1-2H3. The van der Waals surface area contributed by atoms with Gasteiger partial charge in [0, 0.05) is 37.1 Å². The molecular weight excluding hydrogens is 382 g/mol. The van der Waals surface area contributed by atoms with Crippen molar-refractivity contribution >= 4 is 37.7 Å². The van der Waals surface area contributed by atoms with Gasteiger partial charge in [-0.3, -0.25) is 0 Å². The molecule has 29 heavy (non-hydrogen) atoms. The maximum absolute atomic E-state index is 5.92. The van der Waals surface area contributed by atoms with Crippen LogP contribution in [0.1, 0.15) is 12.5 Å². The summed E-state index contributed by atoms with van der Waals surface area (Å²) in [4.78, 5) is 17.9. The summed E-state index contributed by atoms with van der Waals surface area (Å²) >= 11 is 1.61. The second-order valence-electron chi connectivity index (χ2n) is 7.15. The number of pyridine rings is 1. The predicted molar refractivity (Wildman–Crippen MR) is 119 cm³/mol. The summed E-state index contributed by atoms with van der Waals surface area (Å²) in [5.74, 6) is 1.41. The van der Waals surface area contributed by atoms with E-state index in [0.717, 1.165) is 63.8 Å². The lowest BCUT2D eigenvalue weighted by Crippen LogP contribution is -2.44. The molecule has 4 heterocycles. The van der Waals surface area contributed by atoms with Gasteiger partial charge in [-0.25, -0.2) is 9.97 Å². The molecule has 0 radical (unpaired) electrons. The van der Waals surface area contributed by atoms with Crippen molar-refractivity contribution in [1.82, 2.24) is 20.3 Å². The third kappa shape index (κ3) is 3.30. The normalized spacial score (nSPS) is 14.6. The van der Waals surface area contributed by atoms with Crippen LogP contribution < -0.4 is 15.0 Å². The Kier molecular flexibility index (Phi) is 4.77. The molecular formula is C22H23N5OS. The summed E-state index contributed by atoms with van der Waals surface area (Å²) in [5.41, 5.74) is 4.22. The number of ether oxygens (including phenoxy) is 1. The molecule has 0 amide bonds. The fourth-order valence-corrected chi connectivity index (χ4v) is 4.91. The number of hydrogen-bond donors (Lipinski definition) is 1. The minimum absolute atomic E-state index is 0.572. The van der Waals surface area contributed by atoms with Crippen LogP contribution in [0.15, 0.2) is 36.4 Å². The molecule has 0 bridgehead atoms. The van der Waals surface area contributed by atoms with Gasteiger partial charge in [0.05, 0.1) is 12.3 Å². The first kappa shape index (κ1) is 18.3. The largest absolute Gasteiger partial charge is 0.477 e. The smallest absolute Gasteiger partial charge is 0.236 e. The maximum Gasteiger partial charge on any atom is 0.236 e. The Morgan fingerprint density at radius 3 is 2.66 bits per heavy atom. The lowest BCUT2D eigenvalue weighted by molar-refractivity contribution is 0.331. The minimum atomic E-state index is 0.572. The molecule has 148 valence electrons. The number of aromatic nitrogens is 3. The highest BCUT2D eigenvalue weighted by Crippen LogP contribution is 2.40. The second-order valence-corrected chi connectivity index (χ2v) is 8.15. The molecule has 0 spiro atoms. The van der Waals surface area contributed by atoms with E-state index in [9.17, 15) is 0 Å². The summed E-state index contributed by atoms with van der Waals surface area (Å²) in [5, 5.41) is 4.48. The van der Waals surface area contributed by atoms with Gasteiger partial charge in [-0.15, -0.1) is 11.3 Å². The molecule has 1 saturated heterocycles. The fraction of sp³-hybridized carbons (Fsp3) is 0.318. The average Bonchev–Trinajstić information content (AvgIpc) is 3.14. The second kappa shape index (κ2) is 7.57. The van der Waals surface area contributed by atoms with E-state index in [1.807, 2.05) is 25.1 Å². The number of benzene rings is 1. The van der Waals surface area contributed by atoms with Crippen LogP contribution in [-0.4, -0.2) is 47.7 Å². The number of rotatable bonds is 4. The Hall–Kier alpha value is -2.77. The number of hydrogen-bond acceptors (Lipinski definition) is 7. The molecule has 0 aliphatic carbocycles. The van der Waals surface area contributed by atoms with Gasteiger partial charge in [0.15, 0.2) is 0 Å². The topological polar surface area (TPSA) is 63.2 Å². The first-order valence-electron chi connectivity index (χ1n) is 10.0. The van der Waals surface area contributed by atoms with E-state index in [2.05, 4.69) is 35.3 Å². The van der Waals surface area contributed by atoms with Crippen LogP contribution >= 0.6 is 11.3 Å². The van der Waals surface area contributed by atoms with E-state index in [1.54, 1.807) is 11.3 Å². The van der Waals surface area contributed by atoms with Crippen molar-refractivity contribution in [1.29, 1.82) is 0 Å². The van der Waals surface area contributed by atoms with Crippen molar-refractivity contribution < 1.29 is 4.74 Å². The zero-order valence-electron chi connectivity index (χ0n) is 16.6. The number of anilines is 1. The molecule has 0 unspecified atom stereocenters. The van der Waals surface area contributed by atoms with E-state index in [0.29, 0.717) is 12.5 Å². The predicted octanol–water partition coefficient (Wildman–Crippen LogP) is 4.02. The van der Waals surface area contributed by atoms with Crippen molar-refractivity contribution in [3.8, 4) is 17.1 Å². The molecule has 5 rings (SSSR count). The minimum Gasteiger partial charge on any atom is -0.477 e. The quantitative estimate of drug-likeness (QED) is 0.553. The third-order valence-corrected chi connectivity index (χ3v) is 6.25. The van der Waals surface area contributed by atoms with Crippen LogP contribution in [0.5, 0.6) is 5.88 Å². The molecule has 1 N–H and O–H groups in total. The first-order valence-corrected chi connectivity index (χ1v) is 10.8. The van der Waals surface area contributed by atoms with Crippen LogP contribution in [0.2, 0.25) is 0 Å². The summed E-state index contributed by atoms with van der Waals surface area (Å²) in [6, 6.07) is 12.4. The number of nitrogens with one attached hydrogen (secondary N) is 1. The highest BCUT2D eigenvalue weighted by Gasteiger charge is 2.21. The van der Waals surface area contributed by atoms with Crippen LogP contribution in [0, 0.1) is 6.92 Å². The van der Waals surface area contributed by atoms with E-state index < -0.39 is 0 Å². The summed E-state index contributed by atoms with van der Waals surface area (Å²) < 4.78 is 6.90. The maximum atomic E-state index is 5.92. The van der Waals surface area contributed by atoms with Crippen molar-refractivity contribution in [2.45, 2.75) is 13.8 Å². The molecule has 0 saturated carbocycles.